The van der Waals surface area contributed by atoms with Gasteiger partial charge in [0, 0.05) is 25.3 Å². The van der Waals surface area contributed by atoms with E-state index in [4.69, 9.17) is 18.9 Å². The number of phenols is 1. The molecule has 1 aliphatic rings. The molecule has 12 heteroatoms. The van der Waals surface area contributed by atoms with Crippen molar-refractivity contribution in [1.29, 1.82) is 0 Å². The molecule has 12 nitrogen and oxygen atoms in total. The van der Waals surface area contributed by atoms with E-state index in [2.05, 4.69) is 4.98 Å². The van der Waals surface area contributed by atoms with Gasteiger partial charge >= 0.3 is 17.6 Å². The maximum absolute atomic E-state index is 13.0. The zero-order valence-corrected chi connectivity index (χ0v) is 17.4. The molecule has 0 spiro atoms. The number of rotatable bonds is 6. The smallest absolute Gasteiger partial charge is 0.342 e. The maximum Gasteiger partial charge on any atom is 0.342 e. The number of esters is 2. The summed E-state index contributed by atoms with van der Waals surface area (Å²) in [6, 6.07) is 3.62. The van der Waals surface area contributed by atoms with Gasteiger partial charge in [-0.3, -0.25) is 19.1 Å². The Morgan fingerprint density at radius 3 is 2.53 bits per heavy atom. The van der Waals surface area contributed by atoms with Crippen LogP contribution in [0.3, 0.4) is 0 Å². The molecule has 0 amide bonds. The van der Waals surface area contributed by atoms with Crippen molar-refractivity contribution in [2.24, 2.45) is 0 Å². The number of ether oxygens (including phenoxy) is 4. The zero-order valence-electron chi connectivity index (χ0n) is 17.4. The highest BCUT2D eigenvalue weighted by molar-refractivity contribution is 5.94. The topological polar surface area (TPSA) is 166 Å². The van der Waals surface area contributed by atoms with Gasteiger partial charge in [-0.2, -0.15) is 0 Å². The van der Waals surface area contributed by atoms with Crippen LogP contribution >= 0.6 is 0 Å². The number of carbonyl (C=O) groups is 2. The molecular weight excluding hydrogens is 428 g/mol. The van der Waals surface area contributed by atoms with E-state index in [-0.39, 0.29) is 17.1 Å². The Bertz CT molecular complexity index is 1140. The van der Waals surface area contributed by atoms with Crippen LogP contribution < -0.4 is 16.0 Å². The Labute approximate surface area is 180 Å². The monoisotopic (exact) mass is 450 g/mol. The van der Waals surface area contributed by atoms with Gasteiger partial charge in [0.25, 0.3) is 5.56 Å². The summed E-state index contributed by atoms with van der Waals surface area (Å²) >= 11 is 0. The van der Waals surface area contributed by atoms with Crippen LogP contribution in [0.15, 0.2) is 34.0 Å². The predicted octanol–water partition coefficient (Wildman–Crippen LogP) is -0.394. The van der Waals surface area contributed by atoms with Crippen molar-refractivity contribution in [3.05, 3.63) is 56.4 Å². The van der Waals surface area contributed by atoms with E-state index in [0.29, 0.717) is 5.56 Å². The van der Waals surface area contributed by atoms with Gasteiger partial charge in [-0.25, -0.2) is 9.59 Å². The van der Waals surface area contributed by atoms with Crippen molar-refractivity contribution in [3.63, 3.8) is 0 Å². The molecule has 1 aliphatic heterocycles. The fourth-order valence-corrected chi connectivity index (χ4v) is 3.51. The van der Waals surface area contributed by atoms with Crippen LogP contribution in [0.1, 0.15) is 29.1 Å². The first-order valence-electron chi connectivity index (χ1n) is 9.49. The molecule has 32 heavy (non-hydrogen) atoms. The van der Waals surface area contributed by atoms with E-state index in [0.717, 1.165) is 23.8 Å². The van der Waals surface area contributed by atoms with Crippen LogP contribution in [0.5, 0.6) is 11.5 Å². The van der Waals surface area contributed by atoms with Gasteiger partial charge in [-0.05, 0) is 18.6 Å². The lowest BCUT2D eigenvalue weighted by molar-refractivity contribution is -0.156. The summed E-state index contributed by atoms with van der Waals surface area (Å²) in [5.74, 6) is -1.72. The lowest BCUT2D eigenvalue weighted by Gasteiger charge is -2.24. The first-order valence-corrected chi connectivity index (χ1v) is 9.49. The summed E-state index contributed by atoms with van der Waals surface area (Å²) < 4.78 is 22.6. The summed E-state index contributed by atoms with van der Waals surface area (Å²) in [6.07, 6.45) is -3.94. The van der Waals surface area contributed by atoms with Gasteiger partial charge in [0.2, 0.25) is 0 Å². The Kier molecular flexibility index (Phi) is 6.65. The minimum Gasteiger partial charge on any atom is -0.508 e. The van der Waals surface area contributed by atoms with Gasteiger partial charge in [-0.1, -0.05) is 0 Å². The number of aromatic nitrogens is 2. The minimum absolute atomic E-state index is 0.00761. The number of methoxy groups -OCH3 is 1. The molecule has 0 unspecified atom stereocenters. The number of phenolic OH excluding ortho intramolecular Hbond substituents is 1. The first kappa shape index (κ1) is 23.0. The SMILES string of the molecule is COc1cc(O)cc(C)c1C(=O)O[C@H]1[C@@H](OC(C)=O)[C@H](n2ccc(=O)[nH]c2=O)O[C@H]1CO. The minimum atomic E-state index is -1.32. The van der Waals surface area contributed by atoms with E-state index < -0.39 is 54.3 Å². The molecule has 172 valence electrons. The van der Waals surface area contributed by atoms with E-state index in [1.54, 1.807) is 6.92 Å². The third-order valence-electron chi connectivity index (χ3n) is 4.84. The molecule has 3 N–H and O–H groups in total. The molecule has 0 saturated carbocycles. The third kappa shape index (κ3) is 4.50. The fraction of sp³-hybridized carbons (Fsp3) is 0.400. The third-order valence-corrected chi connectivity index (χ3v) is 4.84. The number of carbonyl (C=O) groups excluding carboxylic acids is 2. The van der Waals surface area contributed by atoms with Crippen LogP contribution in [0.2, 0.25) is 0 Å². The molecule has 1 saturated heterocycles. The van der Waals surface area contributed by atoms with Gasteiger partial charge in [0.1, 0.15) is 23.2 Å². The molecule has 1 fully saturated rings. The summed E-state index contributed by atoms with van der Waals surface area (Å²) in [5, 5.41) is 19.5. The number of aliphatic hydroxyl groups excluding tert-OH is 1. The molecule has 2 heterocycles. The van der Waals surface area contributed by atoms with E-state index in [1.807, 2.05) is 0 Å². The standard InChI is InChI=1S/C20H22N2O10/c1-9-6-11(25)7-12(29-3)15(9)19(27)32-16-13(8-23)31-18(17(16)30-10(2)24)22-5-4-14(26)21-20(22)28/h4-7,13,16-18,23,25H,8H2,1-3H3,(H,21,26,28)/t13-,16+,17+,18+/m0/s1. The second kappa shape index (κ2) is 9.24. The van der Waals surface area contributed by atoms with Crippen molar-refractivity contribution in [1.82, 2.24) is 9.55 Å². The fourth-order valence-electron chi connectivity index (χ4n) is 3.51. The zero-order chi connectivity index (χ0) is 23.6. The highest BCUT2D eigenvalue weighted by Crippen LogP contribution is 2.35. The number of hydrogen-bond acceptors (Lipinski definition) is 10. The van der Waals surface area contributed by atoms with Gasteiger partial charge in [0.15, 0.2) is 18.4 Å². The van der Waals surface area contributed by atoms with E-state index >= 15 is 0 Å². The van der Waals surface area contributed by atoms with Crippen molar-refractivity contribution in [3.8, 4) is 11.5 Å². The van der Waals surface area contributed by atoms with Crippen LogP contribution in [-0.4, -0.2) is 63.7 Å². The molecule has 4 atom stereocenters. The Hall–Kier alpha value is -3.64. The second-order valence-corrected chi connectivity index (χ2v) is 7.05. The summed E-state index contributed by atoms with van der Waals surface area (Å²) in [5.41, 5.74) is -1.14. The lowest BCUT2D eigenvalue weighted by Crippen LogP contribution is -2.42. The molecule has 3 rings (SSSR count). The number of aryl methyl sites for hydroxylation is 1. The predicted molar refractivity (Wildman–Crippen MR) is 106 cm³/mol. The van der Waals surface area contributed by atoms with Crippen molar-refractivity contribution in [2.75, 3.05) is 13.7 Å². The number of benzene rings is 1. The molecule has 1 aromatic heterocycles. The maximum atomic E-state index is 13.0. The molecular formula is C20H22N2O10. The quantitative estimate of drug-likeness (QED) is 0.493. The highest BCUT2D eigenvalue weighted by Gasteiger charge is 2.50. The average molecular weight is 450 g/mol. The Morgan fingerprint density at radius 2 is 1.94 bits per heavy atom. The Balaban J connectivity index is 2.00. The number of hydrogen-bond donors (Lipinski definition) is 3. The number of aromatic amines is 1. The summed E-state index contributed by atoms with van der Waals surface area (Å²) in [7, 11) is 1.31. The summed E-state index contributed by atoms with van der Waals surface area (Å²) in [6.45, 7) is 2.04. The number of nitrogens with one attached hydrogen (secondary N) is 1. The second-order valence-electron chi connectivity index (χ2n) is 7.05. The van der Waals surface area contributed by atoms with Crippen LogP contribution in [0.25, 0.3) is 0 Å². The van der Waals surface area contributed by atoms with Gasteiger partial charge in [0.05, 0.1) is 13.7 Å². The molecule has 1 aromatic carbocycles. The summed E-state index contributed by atoms with van der Waals surface area (Å²) in [4.78, 5) is 50.4. The van der Waals surface area contributed by atoms with Crippen molar-refractivity contribution >= 4 is 11.9 Å². The number of H-pyrrole nitrogens is 1. The molecule has 0 radical (unpaired) electrons. The highest BCUT2D eigenvalue weighted by atomic mass is 16.6. The van der Waals surface area contributed by atoms with Crippen molar-refractivity contribution < 1.29 is 38.7 Å². The molecule has 0 aliphatic carbocycles. The Morgan fingerprint density at radius 1 is 1.22 bits per heavy atom. The van der Waals surface area contributed by atoms with Crippen molar-refractivity contribution in [2.45, 2.75) is 38.4 Å². The van der Waals surface area contributed by atoms with Crippen LogP contribution in [0.4, 0.5) is 0 Å². The number of aromatic hydroxyl groups is 1. The van der Waals surface area contributed by atoms with E-state index in [9.17, 15) is 29.4 Å². The normalized spacial score (nSPS) is 22.4. The lowest BCUT2D eigenvalue weighted by atomic mass is 10.1. The van der Waals surface area contributed by atoms with Gasteiger partial charge < -0.3 is 29.2 Å². The van der Waals surface area contributed by atoms with Crippen LogP contribution in [-0.2, 0) is 19.0 Å². The van der Waals surface area contributed by atoms with Gasteiger partial charge in [-0.15, -0.1) is 0 Å². The number of aliphatic hydroxyl groups is 1. The molecule has 0 bridgehead atoms. The average Bonchev–Trinajstić information content (AvgIpc) is 3.03. The van der Waals surface area contributed by atoms with E-state index in [1.165, 1.54) is 19.2 Å². The van der Waals surface area contributed by atoms with Crippen LogP contribution in [0, 0.1) is 6.92 Å². The first-order chi connectivity index (χ1) is 15.2. The largest absolute Gasteiger partial charge is 0.508 e. The molecule has 2 aromatic rings. The number of nitrogens with zero attached hydrogens (tertiary/aromatic N) is 1.